The lowest BCUT2D eigenvalue weighted by Gasteiger charge is -2.07. The van der Waals surface area contributed by atoms with E-state index in [-0.39, 0.29) is 12.2 Å². The molecule has 0 aliphatic rings. The molecule has 110 valence electrons. The van der Waals surface area contributed by atoms with Crippen LogP contribution in [0, 0.1) is 0 Å². The van der Waals surface area contributed by atoms with E-state index < -0.39 is 17.8 Å². The Bertz CT molecular complexity index is 692. The standard InChI is InChI=1S/C12H7BrF3N3O2/c13-8-5-19(6-11(20)21)2-1-7(8)9-3-17-4-10(18-9)12(14,15)16/h1-5H,6H2/p+1. The van der Waals surface area contributed by atoms with E-state index in [9.17, 15) is 18.0 Å². The normalized spacial score (nSPS) is 11.4. The number of aromatic nitrogens is 3. The van der Waals surface area contributed by atoms with E-state index in [0.717, 1.165) is 0 Å². The topological polar surface area (TPSA) is 67.0 Å². The lowest BCUT2D eigenvalue weighted by Crippen LogP contribution is -2.37. The minimum absolute atomic E-state index is 0.0409. The highest BCUT2D eigenvalue weighted by molar-refractivity contribution is 9.10. The van der Waals surface area contributed by atoms with Crippen LogP contribution in [0.25, 0.3) is 11.3 Å². The maximum absolute atomic E-state index is 12.6. The fourth-order valence-electron chi connectivity index (χ4n) is 1.60. The Hall–Kier alpha value is -2.03. The van der Waals surface area contributed by atoms with Gasteiger partial charge in [0.1, 0.15) is 0 Å². The lowest BCUT2D eigenvalue weighted by atomic mass is 10.2. The second kappa shape index (κ2) is 5.76. The van der Waals surface area contributed by atoms with E-state index in [1.807, 2.05) is 0 Å². The van der Waals surface area contributed by atoms with Crippen LogP contribution in [-0.4, -0.2) is 21.0 Å². The summed E-state index contributed by atoms with van der Waals surface area (Å²) in [5.74, 6) is -1.03. The van der Waals surface area contributed by atoms with Gasteiger partial charge < -0.3 is 5.11 Å². The smallest absolute Gasteiger partial charge is 0.434 e. The van der Waals surface area contributed by atoms with Gasteiger partial charge in [0.2, 0.25) is 6.54 Å². The minimum Gasteiger partial charge on any atom is -0.477 e. The molecule has 0 atom stereocenters. The van der Waals surface area contributed by atoms with Crippen molar-refractivity contribution in [2.75, 3.05) is 0 Å². The Morgan fingerprint density at radius 2 is 2.10 bits per heavy atom. The number of pyridine rings is 1. The Balaban J connectivity index is 2.41. The van der Waals surface area contributed by atoms with Crippen molar-refractivity contribution in [3.8, 4) is 11.3 Å². The summed E-state index contributed by atoms with van der Waals surface area (Å²) in [5, 5.41) is 8.69. The molecule has 0 radical (unpaired) electrons. The molecule has 0 aliphatic heterocycles. The average Bonchev–Trinajstić information content (AvgIpc) is 2.37. The zero-order valence-corrected chi connectivity index (χ0v) is 11.9. The second-order valence-corrected chi connectivity index (χ2v) is 4.91. The molecule has 1 N–H and O–H groups in total. The molecule has 0 fully saturated rings. The van der Waals surface area contributed by atoms with Gasteiger partial charge in [-0.05, 0) is 15.9 Å². The molecule has 0 unspecified atom stereocenters. The van der Waals surface area contributed by atoms with Gasteiger partial charge in [0.05, 0.1) is 22.6 Å². The van der Waals surface area contributed by atoms with Gasteiger partial charge in [0.15, 0.2) is 18.1 Å². The van der Waals surface area contributed by atoms with Gasteiger partial charge in [-0.25, -0.2) is 9.78 Å². The monoisotopic (exact) mass is 362 g/mol. The molecule has 2 aromatic rings. The van der Waals surface area contributed by atoms with Gasteiger partial charge in [0, 0.05) is 11.6 Å². The average molecular weight is 363 g/mol. The van der Waals surface area contributed by atoms with E-state index in [4.69, 9.17) is 5.11 Å². The van der Waals surface area contributed by atoms with Gasteiger partial charge in [0.25, 0.3) is 0 Å². The van der Waals surface area contributed by atoms with Crippen molar-refractivity contribution < 1.29 is 27.6 Å². The van der Waals surface area contributed by atoms with Crippen molar-refractivity contribution >= 4 is 21.9 Å². The Morgan fingerprint density at radius 1 is 1.38 bits per heavy atom. The number of halogens is 4. The van der Waals surface area contributed by atoms with Crippen LogP contribution in [-0.2, 0) is 17.5 Å². The zero-order valence-electron chi connectivity index (χ0n) is 10.3. The predicted octanol–water partition coefficient (Wildman–Crippen LogP) is 2.30. The lowest BCUT2D eigenvalue weighted by molar-refractivity contribution is -0.686. The van der Waals surface area contributed by atoms with Crippen LogP contribution in [0.15, 0.2) is 35.3 Å². The third-order valence-corrected chi connectivity index (χ3v) is 3.12. The highest BCUT2D eigenvalue weighted by Gasteiger charge is 2.33. The minimum atomic E-state index is -4.58. The van der Waals surface area contributed by atoms with Crippen molar-refractivity contribution in [1.29, 1.82) is 0 Å². The van der Waals surface area contributed by atoms with E-state index in [1.54, 1.807) is 0 Å². The first-order valence-corrected chi connectivity index (χ1v) is 6.36. The number of rotatable bonds is 3. The van der Waals surface area contributed by atoms with E-state index >= 15 is 0 Å². The number of aliphatic carboxylic acids is 1. The fourth-order valence-corrected chi connectivity index (χ4v) is 2.20. The van der Waals surface area contributed by atoms with Gasteiger partial charge in [-0.2, -0.15) is 17.7 Å². The van der Waals surface area contributed by atoms with Crippen LogP contribution in [0.3, 0.4) is 0 Å². The van der Waals surface area contributed by atoms with Crippen LogP contribution in [0.2, 0.25) is 0 Å². The zero-order chi connectivity index (χ0) is 15.6. The van der Waals surface area contributed by atoms with E-state index in [1.165, 1.54) is 29.2 Å². The summed E-state index contributed by atoms with van der Waals surface area (Å²) < 4.78 is 39.6. The van der Waals surface area contributed by atoms with Crippen LogP contribution >= 0.6 is 15.9 Å². The third kappa shape index (κ3) is 3.75. The maximum Gasteiger partial charge on any atom is 0.434 e. The predicted molar refractivity (Wildman–Crippen MR) is 68.0 cm³/mol. The third-order valence-electron chi connectivity index (χ3n) is 2.49. The number of carbonyl (C=O) groups is 1. The molecular weight excluding hydrogens is 355 g/mol. The largest absolute Gasteiger partial charge is 0.477 e. The van der Waals surface area contributed by atoms with Crippen LogP contribution < -0.4 is 4.57 Å². The molecule has 2 heterocycles. The summed E-state index contributed by atoms with van der Waals surface area (Å²) in [5.41, 5.74) is -0.663. The summed E-state index contributed by atoms with van der Waals surface area (Å²) in [4.78, 5) is 17.7. The summed E-state index contributed by atoms with van der Waals surface area (Å²) >= 11 is 3.19. The van der Waals surface area contributed by atoms with Gasteiger partial charge >= 0.3 is 12.1 Å². The number of carboxylic acids is 1. The van der Waals surface area contributed by atoms with Crippen molar-refractivity contribution in [2.24, 2.45) is 0 Å². The molecule has 0 saturated heterocycles. The van der Waals surface area contributed by atoms with Crippen LogP contribution in [0.1, 0.15) is 5.69 Å². The molecule has 0 amide bonds. The molecule has 0 saturated carbocycles. The first-order chi connectivity index (χ1) is 9.77. The SMILES string of the molecule is O=C(O)C[n+]1ccc(-c2cncc(C(F)(F)F)n2)c(Br)c1. The highest BCUT2D eigenvalue weighted by Crippen LogP contribution is 2.30. The quantitative estimate of drug-likeness (QED) is 0.850. The van der Waals surface area contributed by atoms with E-state index in [2.05, 4.69) is 25.9 Å². The van der Waals surface area contributed by atoms with Gasteiger partial charge in [-0.1, -0.05) is 0 Å². The molecule has 0 aromatic carbocycles. The molecule has 0 bridgehead atoms. The number of hydrogen-bond donors (Lipinski definition) is 1. The van der Waals surface area contributed by atoms with E-state index in [0.29, 0.717) is 16.2 Å². The molecule has 9 heteroatoms. The molecule has 2 rings (SSSR count). The molecule has 0 aliphatic carbocycles. The van der Waals surface area contributed by atoms with Crippen LogP contribution in [0.5, 0.6) is 0 Å². The van der Waals surface area contributed by atoms with Crippen molar-refractivity contribution in [3.05, 3.63) is 41.0 Å². The van der Waals surface area contributed by atoms with Gasteiger partial charge in [-0.3, -0.25) is 4.98 Å². The van der Waals surface area contributed by atoms with Crippen molar-refractivity contribution in [3.63, 3.8) is 0 Å². The Kier molecular flexibility index (Phi) is 4.21. The molecule has 21 heavy (non-hydrogen) atoms. The Labute approximate surface area is 125 Å². The maximum atomic E-state index is 12.6. The van der Waals surface area contributed by atoms with Crippen molar-refractivity contribution in [2.45, 2.75) is 12.7 Å². The first kappa shape index (κ1) is 15.4. The van der Waals surface area contributed by atoms with Crippen LogP contribution in [0.4, 0.5) is 13.2 Å². The number of nitrogens with zero attached hydrogens (tertiary/aromatic N) is 3. The highest BCUT2D eigenvalue weighted by atomic mass is 79.9. The molecule has 0 spiro atoms. The molecule has 5 nitrogen and oxygen atoms in total. The summed E-state index contributed by atoms with van der Waals surface area (Å²) in [7, 11) is 0. The fraction of sp³-hybridized carbons (Fsp3) is 0.167. The summed E-state index contributed by atoms with van der Waals surface area (Å²) in [6, 6.07) is 1.47. The summed E-state index contributed by atoms with van der Waals surface area (Å²) in [6.07, 6.45) is 0.164. The number of hydrogen-bond acceptors (Lipinski definition) is 3. The van der Waals surface area contributed by atoms with Gasteiger partial charge in [-0.15, -0.1) is 0 Å². The molecular formula is C12H8BrF3N3O2+. The second-order valence-electron chi connectivity index (χ2n) is 4.06. The number of alkyl halides is 3. The van der Waals surface area contributed by atoms with Crippen molar-refractivity contribution in [1.82, 2.24) is 9.97 Å². The number of carboxylic acid groups (broad SMARTS) is 1. The Morgan fingerprint density at radius 3 is 2.67 bits per heavy atom. The molecule has 2 aromatic heterocycles. The first-order valence-electron chi connectivity index (χ1n) is 5.57. The summed E-state index contributed by atoms with van der Waals surface area (Å²) in [6.45, 7) is -0.257.